The lowest BCUT2D eigenvalue weighted by Gasteiger charge is -2.26. The molecule has 0 aliphatic carbocycles. The quantitative estimate of drug-likeness (QED) is 0.426. The highest BCUT2D eigenvalue weighted by molar-refractivity contribution is 5.85. The van der Waals surface area contributed by atoms with Crippen LogP contribution >= 0.6 is 0 Å². The third-order valence-electron chi connectivity index (χ3n) is 4.65. The van der Waals surface area contributed by atoms with Gasteiger partial charge in [-0.25, -0.2) is 4.99 Å². The molecule has 1 fully saturated rings. The number of likely N-dealkylation sites (N-methyl/N-ethyl adjacent to an activating group) is 1. The van der Waals surface area contributed by atoms with Crippen LogP contribution in [0.15, 0.2) is 48.0 Å². The first kappa shape index (κ1) is 20.5. The number of benzene rings is 1. The molecule has 0 saturated carbocycles. The molecule has 2 amide bonds. The topological polar surface area (TPSA) is 77.0 Å². The van der Waals surface area contributed by atoms with Crippen molar-refractivity contribution in [3.63, 3.8) is 0 Å². The molecule has 0 spiro atoms. The molecule has 0 radical (unpaired) electrons. The fourth-order valence-corrected chi connectivity index (χ4v) is 3.14. The summed E-state index contributed by atoms with van der Waals surface area (Å²) in [5.41, 5.74) is 1.12. The molecule has 1 aliphatic rings. The van der Waals surface area contributed by atoms with Crippen molar-refractivity contribution in [2.45, 2.75) is 12.5 Å². The van der Waals surface area contributed by atoms with Crippen molar-refractivity contribution in [3.05, 3.63) is 48.6 Å². The van der Waals surface area contributed by atoms with Crippen molar-refractivity contribution in [1.29, 1.82) is 0 Å². The maximum absolute atomic E-state index is 12.3. The number of hydrogen-bond acceptors (Lipinski definition) is 3. The summed E-state index contributed by atoms with van der Waals surface area (Å²) in [5.74, 6) is 0.715. The van der Waals surface area contributed by atoms with E-state index in [0.717, 1.165) is 5.56 Å². The van der Waals surface area contributed by atoms with Gasteiger partial charge >= 0.3 is 0 Å². The molecule has 2 atom stereocenters. The van der Waals surface area contributed by atoms with Crippen LogP contribution in [0.25, 0.3) is 0 Å². The summed E-state index contributed by atoms with van der Waals surface area (Å²) in [4.78, 5) is 31.7. The van der Waals surface area contributed by atoms with Gasteiger partial charge in [0.05, 0.1) is 6.04 Å². The minimum atomic E-state index is -0.0763. The Kier molecular flexibility index (Phi) is 7.40. The van der Waals surface area contributed by atoms with Crippen molar-refractivity contribution < 1.29 is 9.59 Å². The molecule has 2 N–H and O–H groups in total. The first-order valence-electron chi connectivity index (χ1n) is 9.08. The Balaban J connectivity index is 2.07. The number of aliphatic imine (C=N–C) groups is 1. The second kappa shape index (κ2) is 9.75. The Hall–Kier alpha value is -2.83. The number of hydrogen-bond donors (Lipinski definition) is 2. The zero-order valence-corrected chi connectivity index (χ0v) is 16.3. The van der Waals surface area contributed by atoms with Gasteiger partial charge in [0.1, 0.15) is 6.54 Å². The average Bonchev–Trinajstić information content (AvgIpc) is 2.95. The fourth-order valence-electron chi connectivity index (χ4n) is 3.14. The first-order chi connectivity index (χ1) is 12.9. The molecule has 1 aliphatic heterocycles. The van der Waals surface area contributed by atoms with Gasteiger partial charge in [-0.1, -0.05) is 36.4 Å². The number of rotatable bonds is 7. The van der Waals surface area contributed by atoms with Crippen molar-refractivity contribution in [3.8, 4) is 0 Å². The van der Waals surface area contributed by atoms with E-state index in [1.165, 1.54) is 4.90 Å². The van der Waals surface area contributed by atoms with Gasteiger partial charge in [0.2, 0.25) is 11.8 Å². The molecule has 0 bridgehead atoms. The second-order valence-electron chi connectivity index (χ2n) is 6.83. The second-order valence-corrected chi connectivity index (χ2v) is 6.83. The van der Waals surface area contributed by atoms with Gasteiger partial charge in [-0.2, -0.15) is 0 Å². The molecule has 1 aromatic rings. The van der Waals surface area contributed by atoms with E-state index in [9.17, 15) is 9.59 Å². The van der Waals surface area contributed by atoms with Crippen molar-refractivity contribution in [2.75, 3.05) is 40.8 Å². The number of likely N-dealkylation sites (tertiary alicyclic amines) is 1. The summed E-state index contributed by atoms with van der Waals surface area (Å²) in [6.07, 6.45) is 2.21. The molecule has 146 valence electrons. The van der Waals surface area contributed by atoms with Crippen LogP contribution in [0.2, 0.25) is 0 Å². The Morgan fingerprint density at radius 2 is 2.04 bits per heavy atom. The molecule has 1 aromatic carbocycles. The highest BCUT2D eigenvalue weighted by Gasteiger charge is 2.38. The number of carbonyl (C=O) groups excluding carboxylic acids is 2. The van der Waals surface area contributed by atoms with Crippen molar-refractivity contribution in [2.24, 2.45) is 10.9 Å². The normalized spacial score (nSPS) is 19.7. The van der Waals surface area contributed by atoms with E-state index in [0.29, 0.717) is 25.5 Å². The van der Waals surface area contributed by atoms with Crippen LogP contribution < -0.4 is 10.6 Å². The summed E-state index contributed by atoms with van der Waals surface area (Å²) in [7, 11) is 5.25. The highest BCUT2D eigenvalue weighted by atomic mass is 16.2. The summed E-state index contributed by atoms with van der Waals surface area (Å²) in [6.45, 7) is 4.87. The zero-order chi connectivity index (χ0) is 19.8. The van der Waals surface area contributed by atoms with E-state index in [1.807, 2.05) is 42.3 Å². The number of carbonyl (C=O) groups is 2. The van der Waals surface area contributed by atoms with E-state index in [4.69, 9.17) is 0 Å². The lowest BCUT2D eigenvalue weighted by Crippen LogP contribution is -2.41. The van der Waals surface area contributed by atoms with E-state index < -0.39 is 0 Å². The first-order valence-corrected chi connectivity index (χ1v) is 9.08. The molecule has 7 nitrogen and oxygen atoms in total. The minimum absolute atomic E-state index is 0.0234. The van der Waals surface area contributed by atoms with Gasteiger partial charge in [0.15, 0.2) is 5.96 Å². The predicted octanol–water partition coefficient (Wildman–Crippen LogP) is 1.02. The predicted molar refractivity (Wildman–Crippen MR) is 107 cm³/mol. The SMILES string of the molecule is C=CCNC(=NCC(=O)N(C)C)NCC1CC(=O)N(C)C1c1ccccc1. The van der Waals surface area contributed by atoms with Crippen LogP contribution in [0.4, 0.5) is 0 Å². The van der Waals surface area contributed by atoms with Gasteiger partial charge < -0.3 is 20.4 Å². The Morgan fingerprint density at radius 1 is 1.33 bits per heavy atom. The summed E-state index contributed by atoms with van der Waals surface area (Å²) in [5, 5.41) is 6.39. The lowest BCUT2D eigenvalue weighted by molar-refractivity contribution is -0.128. The molecule has 0 aromatic heterocycles. The number of amides is 2. The van der Waals surface area contributed by atoms with E-state index in [-0.39, 0.29) is 30.3 Å². The largest absolute Gasteiger partial charge is 0.356 e. The molecule has 1 heterocycles. The van der Waals surface area contributed by atoms with Crippen LogP contribution in [0.3, 0.4) is 0 Å². The monoisotopic (exact) mass is 371 g/mol. The molecule has 2 rings (SSSR count). The number of nitrogens with zero attached hydrogens (tertiary/aromatic N) is 3. The van der Waals surface area contributed by atoms with Crippen LogP contribution in [-0.2, 0) is 9.59 Å². The minimum Gasteiger partial charge on any atom is -0.356 e. The zero-order valence-electron chi connectivity index (χ0n) is 16.3. The van der Waals surface area contributed by atoms with Gasteiger partial charge in [-0.3, -0.25) is 9.59 Å². The molecule has 1 saturated heterocycles. The van der Waals surface area contributed by atoms with E-state index in [2.05, 4.69) is 22.2 Å². The van der Waals surface area contributed by atoms with Crippen LogP contribution in [0.1, 0.15) is 18.0 Å². The molecular weight excluding hydrogens is 342 g/mol. The van der Waals surface area contributed by atoms with Gasteiger partial charge in [0, 0.05) is 46.6 Å². The smallest absolute Gasteiger partial charge is 0.243 e. The Bertz CT molecular complexity index is 687. The lowest BCUT2D eigenvalue weighted by atomic mass is 9.94. The Labute approximate surface area is 161 Å². The fraction of sp³-hybridized carbons (Fsp3) is 0.450. The van der Waals surface area contributed by atoms with Crippen LogP contribution in [0.5, 0.6) is 0 Å². The third-order valence-corrected chi connectivity index (χ3v) is 4.65. The summed E-state index contributed by atoms with van der Waals surface area (Å²) < 4.78 is 0. The maximum atomic E-state index is 12.3. The average molecular weight is 371 g/mol. The maximum Gasteiger partial charge on any atom is 0.243 e. The Morgan fingerprint density at radius 3 is 2.67 bits per heavy atom. The number of guanidine groups is 1. The van der Waals surface area contributed by atoms with Crippen molar-refractivity contribution >= 4 is 17.8 Å². The van der Waals surface area contributed by atoms with Crippen LogP contribution in [0, 0.1) is 5.92 Å². The molecule has 27 heavy (non-hydrogen) atoms. The van der Waals surface area contributed by atoms with Gasteiger partial charge in [-0.15, -0.1) is 6.58 Å². The van der Waals surface area contributed by atoms with Gasteiger partial charge in [-0.05, 0) is 5.56 Å². The van der Waals surface area contributed by atoms with Gasteiger partial charge in [0.25, 0.3) is 0 Å². The van der Waals surface area contributed by atoms with Crippen molar-refractivity contribution in [1.82, 2.24) is 20.4 Å². The number of nitrogens with one attached hydrogen (secondary N) is 2. The van der Waals surface area contributed by atoms with E-state index in [1.54, 1.807) is 20.2 Å². The highest BCUT2D eigenvalue weighted by Crippen LogP contribution is 2.36. The molecule has 2 unspecified atom stereocenters. The molecule has 7 heteroatoms. The summed E-state index contributed by atoms with van der Waals surface area (Å²) >= 11 is 0. The third kappa shape index (κ3) is 5.57. The standard InChI is InChI=1S/C20H29N5O2/c1-5-11-21-20(23-14-18(27)24(2)3)22-13-16-12-17(26)25(4)19(16)15-9-7-6-8-10-15/h5-10,16,19H,1,11-14H2,2-4H3,(H2,21,22,23). The summed E-state index contributed by atoms with van der Waals surface area (Å²) in [6, 6.07) is 10.1. The molecular formula is C20H29N5O2. The van der Waals surface area contributed by atoms with E-state index >= 15 is 0 Å². The van der Waals surface area contributed by atoms with Crippen LogP contribution in [-0.4, -0.2) is 68.4 Å².